The molecule has 1 saturated heterocycles. The third-order valence-electron chi connectivity index (χ3n) is 4.67. The molecule has 6 nitrogen and oxygen atoms in total. The Labute approximate surface area is 147 Å². The molecule has 1 unspecified atom stereocenters. The van der Waals surface area contributed by atoms with Gasteiger partial charge in [-0.15, -0.1) is 10.2 Å². The Morgan fingerprint density at radius 3 is 2.88 bits per heavy atom. The van der Waals surface area contributed by atoms with Crippen molar-refractivity contribution in [3.05, 3.63) is 47.8 Å². The van der Waals surface area contributed by atoms with Crippen LogP contribution in [0, 0.1) is 5.82 Å². The van der Waals surface area contributed by atoms with Crippen molar-refractivity contribution in [2.75, 3.05) is 6.54 Å². The molecule has 0 aliphatic carbocycles. The molecular weight excluding hydrogens is 321 g/mol. The van der Waals surface area contributed by atoms with Gasteiger partial charge in [-0.25, -0.2) is 4.39 Å². The van der Waals surface area contributed by atoms with Crippen LogP contribution >= 0.6 is 0 Å². The molecule has 7 heteroatoms. The van der Waals surface area contributed by atoms with Crippen LogP contribution in [-0.2, 0) is 24.4 Å². The summed E-state index contributed by atoms with van der Waals surface area (Å²) < 4.78 is 15.0. The lowest BCUT2D eigenvalue weighted by Crippen LogP contribution is -2.49. The number of likely N-dealkylation sites (tertiary alicyclic amines) is 1. The largest absolute Gasteiger partial charge is 0.347 e. The Kier molecular flexibility index (Phi) is 5.75. The standard InChI is InChI=1S/C18H24FN5O/c1-2-23-13-21-22-17(23)11-20-18(25)16-5-3-4-10-24(16)12-14-6-8-15(19)9-7-14/h6-9,13,16H,2-5,10-12H2,1H3,(H,20,25). The average Bonchev–Trinajstić information content (AvgIpc) is 3.09. The van der Waals surface area contributed by atoms with Crippen molar-refractivity contribution >= 4 is 5.91 Å². The molecule has 0 radical (unpaired) electrons. The van der Waals surface area contributed by atoms with E-state index in [9.17, 15) is 9.18 Å². The lowest BCUT2D eigenvalue weighted by atomic mass is 10.0. The molecule has 0 saturated carbocycles. The fraction of sp³-hybridized carbons (Fsp3) is 0.500. The van der Waals surface area contributed by atoms with Gasteiger partial charge in [-0.1, -0.05) is 18.6 Å². The number of hydrogen-bond acceptors (Lipinski definition) is 4. The molecular formula is C18H24FN5O. The molecule has 2 aromatic rings. The Bertz CT molecular complexity index is 700. The number of nitrogens with one attached hydrogen (secondary N) is 1. The van der Waals surface area contributed by atoms with Gasteiger partial charge >= 0.3 is 0 Å². The highest BCUT2D eigenvalue weighted by Crippen LogP contribution is 2.20. The minimum Gasteiger partial charge on any atom is -0.347 e. The van der Waals surface area contributed by atoms with Gasteiger partial charge in [0, 0.05) is 13.1 Å². The van der Waals surface area contributed by atoms with Gasteiger partial charge in [0.1, 0.15) is 12.1 Å². The van der Waals surface area contributed by atoms with Gasteiger partial charge in [0.05, 0.1) is 12.6 Å². The second kappa shape index (κ2) is 8.20. The van der Waals surface area contributed by atoms with Gasteiger partial charge in [0.25, 0.3) is 0 Å². The first-order valence-corrected chi connectivity index (χ1v) is 8.80. The third kappa shape index (κ3) is 4.42. The highest BCUT2D eigenvalue weighted by Gasteiger charge is 2.28. The van der Waals surface area contributed by atoms with Crippen molar-refractivity contribution in [3.63, 3.8) is 0 Å². The lowest BCUT2D eigenvalue weighted by molar-refractivity contribution is -0.128. The Morgan fingerprint density at radius 2 is 2.12 bits per heavy atom. The number of hydrogen-bond donors (Lipinski definition) is 1. The van der Waals surface area contributed by atoms with E-state index in [1.807, 2.05) is 11.5 Å². The topological polar surface area (TPSA) is 63.1 Å². The number of aromatic nitrogens is 3. The van der Waals surface area contributed by atoms with Crippen LogP contribution in [0.4, 0.5) is 4.39 Å². The molecule has 2 heterocycles. The van der Waals surface area contributed by atoms with Crippen LogP contribution in [0.25, 0.3) is 0 Å². The molecule has 1 aromatic carbocycles. The van der Waals surface area contributed by atoms with E-state index >= 15 is 0 Å². The number of benzene rings is 1. The summed E-state index contributed by atoms with van der Waals surface area (Å²) in [5.41, 5.74) is 1.02. The van der Waals surface area contributed by atoms with Crippen LogP contribution in [0.2, 0.25) is 0 Å². The number of nitrogens with zero attached hydrogens (tertiary/aromatic N) is 4. The zero-order valence-corrected chi connectivity index (χ0v) is 14.5. The van der Waals surface area contributed by atoms with Gasteiger partial charge in [-0.3, -0.25) is 9.69 Å². The van der Waals surface area contributed by atoms with E-state index in [-0.39, 0.29) is 17.8 Å². The summed E-state index contributed by atoms with van der Waals surface area (Å²) in [4.78, 5) is 14.9. The molecule has 0 bridgehead atoms. The average molecular weight is 345 g/mol. The van der Waals surface area contributed by atoms with E-state index < -0.39 is 0 Å². The molecule has 1 aliphatic rings. The SMILES string of the molecule is CCn1cnnc1CNC(=O)C1CCCCN1Cc1ccc(F)cc1. The number of aryl methyl sites for hydroxylation is 1. The number of amides is 1. The molecule has 1 amide bonds. The molecule has 1 fully saturated rings. The molecule has 1 aromatic heterocycles. The van der Waals surface area contributed by atoms with E-state index in [1.54, 1.807) is 18.5 Å². The highest BCUT2D eigenvalue weighted by molar-refractivity contribution is 5.81. The summed E-state index contributed by atoms with van der Waals surface area (Å²) in [7, 11) is 0. The number of carbonyl (C=O) groups excluding carboxylic acids is 1. The highest BCUT2D eigenvalue weighted by atomic mass is 19.1. The van der Waals surface area contributed by atoms with Crippen LogP contribution in [-0.4, -0.2) is 38.2 Å². The van der Waals surface area contributed by atoms with Crippen molar-refractivity contribution < 1.29 is 9.18 Å². The van der Waals surface area contributed by atoms with Crippen LogP contribution < -0.4 is 5.32 Å². The summed E-state index contributed by atoms with van der Waals surface area (Å²) in [6.07, 6.45) is 4.63. The fourth-order valence-electron chi connectivity index (χ4n) is 3.27. The zero-order chi connectivity index (χ0) is 17.6. The van der Waals surface area contributed by atoms with Gasteiger partial charge in [0.2, 0.25) is 5.91 Å². The maximum atomic E-state index is 13.1. The van der Waals surface area contributed by atoms with Crippen molar-refractivity contribution in [2.45, 2.75) is 51.9 Å². The molecule has 0 spiro atoms. The van der Waals surface area contributed by atoms with Crippen LogP contribution in [0.1, 0.15) is 37.6 Å². The summed E-state index contributed by atoms with van der Waals surface area (Å²) in [5.74, 6) is 0.543. The second-order valence-corrected chi connectivity index (χ2v) is 6.36. The monoisotopic (exact) mass is 345 g/mol. The van der Waals surface area contributed by atoms with Crippen molar-refractivity contribution in [2.24, 2.45) is 0 Å². The maximum Gasteiger partial charge on any atom is 0.237 e. The summed E-state index contributed by atoms with van der Waals surface area (Å²) in [6, 6.07) is 6.33. The van der Waals surface area contributed by atoms with Gasteiger partial charge in [-0.2, -0.15) is 0 Å². The first-order valence-electron chi connectivity index (χ1n) is 8.80. The minimum absolute atomic E-state index is 0.0208. The molecule has 1 aliphatic heterocycles. The number of piperidine rings is 1. The van der Waals surface area contributed by atoms with E-state index in [1.165, 1.54) is 12.1 Å². The molecule has 1 N–H and O–H groups in total. The van der Waals surface area contributed by atoms with Gasteiger partial charge < -0.3 is 9.88 Å². The van der Waals surface area contributed by atoms with E-state index in [2.05, 4.69) is 20.4 Å². The molecule has 1 atom stereocenters. The van der Waals surface area contributed by atoms with Crippen LogP contribution in [0.5, 0.6) is 0 Å². The second-order valence-electron chi connectivity index (χ2n) is 6.36. The Morgan fingerprint density at radius 1 is 1.32 bits per heavy atom. The van der Waals surface area contributed by atoms with Crippen molar-refractivity contribution in [3.8, 4) is 0 Å². The van der Waals surface area contributed by atoms with Gasteiger partial charge in [0.15, 0.2) is 5.82 Å². The van der Waals surface area contributed by atoms with Crippen LogP contribution in [0.15, 0.2) is 30.6 Å². The molecule has 134 valence electrons. The number of rotatable bonds is 6. The predicted octanol–water partition coefficient (Wildman–Crippen LogP) is 2.11. The van der Waals surface area contributed by atoms with Crippen LogP contribution in [0.3, 0.4) is 0 Å². The lowest BCUT2D eigenvalue weighted by Gasteiger charge is -2.34. The van der Waals surface area contributed by atoms with Gasteiger partial charge in [-0.05, 0) is 44.0 Å². The Hall–Kier alpha value is -2.28. The van der Waals surface area contributed by atoms with Crippen molar-refractivity contribution in [1.29, 1.82) is 0 Å². The first kappa shape index (κ1) is 17.5. The molecule has 25 heavy (non-hydrogen) atoms. The van der Waals surface area contributed by atoms with E-state index in [0.29, 0.717) is 13.1 Å². The third-order valence-corrected chi connectivity index (χ3v) is 4.67. The fourth-order valence-corrected chi connectivity index (χ4v) is 3.27. The van der Waals surface area contributed by atoms with E-state index in [0.717, 1.165) is 43.7 Å². The molecule has 3 rings (SSSR count). The summed E-state index contributed by atoms with van der Waals surface area (Å²) >= 11 is 0. The minimum atomic E-state index is -0.239. The quantitative estimate of drug-likeness (QED) is 0.871. The maximum absolute atomic E-state index is 13.1. The summed E-state index contributed by atoms with van der Waals surface area (Å²) in [6.45, 7) is 4.70. The van der Waals surface area contributed by atoms with Crippen molar-refractivity contribution in [1.82, 2.24) is 25.0 Å². The predicted molar refractivity (Wildman–Crippen MR) is 92.0 cm³/mol. The first-order chi connectivity index (χ1) is 12.2. The number of halogens is 1. The summed E-state index contributed by atoms with van der Waals surface area (Å²) in [5, 5.41) is 10.9. The number of carbonyl (C=O) groups is 1. The smallest absolute Gasteiger partial charge is 0.237 e. The van der Waals surface area contributed by atoms with E-state index in [4.69, 9.17) is 0 Å². The normalized spacial score (nSPS) is 18.2. The zero-order valence-electron chi connectivity index (χ0n) is 14.5. The Balaban J connectivity index is 1.61.